The molecule has 0 aliphatic rings. The van der Waals surface area contributed by atoms with Gasteiger partial charge in [0.05, 0.1) is 5.71 Å². The van der Waals surface area contributed by atoms with E-state index in [0.29, 0.717) is 17.0 Å². The summed E-state index contributed by atoms with van der Waals surface area (Å²) in [6.07, 6.45) is 8.21. The first kappa shape index (κ1) is 12.9. The molecular formula is C16H13N5. The molecule has 2 aromatic heterocycles. The van der Waals surface area contributed by atoms with Crippen LogP contribution in [0.1, 0.15) is 11.1 Å². The lowest BCUT2D eigenvalue weighted by atomic mass is 9.97. The Morgan fingerprint density at radius 2 is 1.76 bits per heavy atom. The zero-order chi connectivity index (χ0) is 14.7. The molecule has 102 valence electrons. The van der Waals surface area contributed by atoms with Crippen LogP contribution in [0.15, 0.2) is 61.4 Å². The maximum Gasteiger partial charge on any atom is 0.115 e. The summed E-state index contributed by atoms with van der Waals surface area (Å²) in [5.41, 5.74) is 10.2. The fraction of sp³-hybridized carbons (Fsp3) is 0. The molecule has 0 fully saturated rings. The number of nitrogen functional groups attached to an aromatic ring is 1. The highest BCUT2D eigenvalue weighted by molar-refractivity contribution is 6.15. The van der Waals surface area contributed by atoms with Crippen molar-refractivity contribution in [2.24, 2.45) is 0 Å². The van der Waals surface area contributed by atoms with Crippen molar-refractivity contribution in [1.29, 1.82) is 5.41 Å². The maximum absolute atomic E-state index is 8.32. The van der Waals surface area contributed by atoms with Gasteiger partial charge in [-0.25, -0.2) is 9.97 Å². The van der Waals surface area contributed by atoms with Gasteiger partial charge in [0.25, 0.3) is 0 Å². The number of nitrogens with zero attached hydrogens (tertiary/aromatic N) is 3. The van der Waals surface area contributed by atoms with Crippen LogP contribution < -0.4 is 5.73 Å². The standard InChI is InChI=1S/C16H13N5/c17-15(11-3-2-6-19-7-11)14-5-1-4-13(16(14)18)12-8-20-10-21-9-12/h1-10,17H,18H2. The van der Waals surface area contributed by atoms with E-state index in [1.54, 1.807) is 30.9 Å². The molecule has 21 heavy (non-hydrogen) atoms. The summed E-state index contributed by atoms with van der Waals surface area (Å²) in [6, 6.07) is 9.24. The van der Waals surface area contributed by atoms with Crippen LogP contribution in [0.4, 0.5) is 5.69 Å². The van der Waals surface area contributed by atoms with Gasteiger partial charge in [-0.05, 0) is 12.1 Å². The van der Waals surface area contributed by atoms with Gasteiger partial charge in [-0.2, -0.15) is 0 Å². The first-order valence-corrected chi connectivity index (χ1v) is 6.40. The Bertz CT molecular complexity index is 769. The summed E-state index contributed by atoms with van der Waals surface area (Å²) in [5.74, 6) is 0. The van der Waals surface area contributed by atoms with Gasteiger partial charge in [0, 0.05) is 52.7 Å². The molecule has 0 bridgehead atoms. The highest BCUT2D eigenvalue weighted by Crippen LogP contribution is 2.28. The van der Waals surface area contributed by atoms with E-state index in [0.717, 1.165) is 16.7 Å². The smallest absolute Gasteiger partial charge is 0.115 e. The van der Waals surface area contributed by atoms with Crippen molar-refractivity contribution in [1.82, 2.24) is 15.0 Å². The van der Waals surface area contributed by atoms with E-state index in [1.807, 2.05) is 24.3 Å². The second-order valence-corrected chi connectivity index (χ2v) is 4.51. The monoisotopic (exact) mass is 275 g/mol. The van der Waals surface area contributed by atoms with Crippen LogP contribution >= 0.6 is 0 Å². The molecular weight excluding hydrogens is 262 g/mol. The average Bonchev–Trinajstić information content (AvgIpc) is 2.56. The fourth-order valence-electron chi connectivity index (χ4n) is 2.14. The highest BCUT2D eigenvalue weighted by Gasteiger charge is 2.12. The normalized spacial score (nSPS) is 10.3. The second-order valence-electron chi connectivity index (χ2n) is 4.51. The van der Waals surface area contributed by atoms with Gasteiger partial charge in [-0.1, -0.05) is 18.2 Å². The van der Waals surface area contributed by atoms with Gasteiger partial charge in [0.15, 0.2) is 0 Å². The fourth-order valence-corrected chi connectivity index (χ4v) is 2.14. The Kier molecular flexibility index (Phi) is 3.39. The molecule has 0 amide bonds. The summed E-state index contributed by atoms with van der Waals surface area (Å²) in [4.78, 5) is 12.0. The van der Waals surface area contributed by atoms with Crippen LogP contribution in [0.2, 0.25) is 0 Å². The van der Waals surface area contributed by atoms with Crippen LogP contribution in [0, 0.1) is 5.41 Å². The number of anilines is 1. The van der Waals surface area contributed by atoms with E-state index < -0.39 is 0 Å². The van der Waals surface area contributed by atoms with Crippen molar-refractivity contribution < 1.29 is 0 Å². The van der Waals surface area contributed by atoms with Crippen molar-refractivity contribution in [2.75, 3.05) is 5.73 Å². The van der Waals surface area contributed by atoms with E-state index in [-0.39, 0.29) is 0 Å². The van der Waals surface area contributed by atoms with Gasteiger partial charge in [0.2, 0.25) is 0 Å². The quantitative estimate of drug-likeness (QED) is 0.568. The van der Waals surface area contributed by atoms with Gasteiger partial charge < -0.3 is 5.73 Å². The second kappa shape index (κ2) is 5.50. The molecule has 0 spiro atoms. The molecule has 3 aromatic rings. The third-order valence-electron chi connectivity index (χ3n) is 3.20. The van der Waals surface area contributed by atoms with E-state index in [1.165, 1.54) is 6.33 Å². The van der Waals surface area contributed by atoms with E-state index in [2.05, 4.69) is 15.0 Å². The molecule has 0 unspecified atom stereocenters. The molecule has 0 aliphatic heterocycles. The predicted octanol–water partition coefficient (Wildman–Crippen LogP) is 2.54. The van der Waals surface area contributed by atoms with Crippen molar-refractivity contribution >= 4 is 11.4 Å². The minimum absolute atomic E-state index is 0.347. The molecule has 1 aromatic carbocycles. The van der Waals surface area contributed by atoms with Crippen molar-refractivity contribution in [3.05, 3.63) is 72.6 Å². The van der Waals surface area contributed by atoms with Crippen molar-refractivity contribution in [3.8, 4) is 11.1 Å². The zero-order valence-corrected chi connectivity index (χ0v) is 11.2. The minimum Gasteiger partial charge on any atom is -0.398 e. The molecule has 5 nitrogen and oxygen atoms in total. The van der Waals surface area contributed by atoms with E-state index >= 15 is 0 Å². The van der Waals surface area contributed by atoms with Gasteiger partial charge >= 0.3 is 0 Å². The Hall–Kier alpha value is -3.08. The number of benzene rings is 1. The lowest BCUT2D eigenvalue weighted by Crippen LogP contribution is -2.07. The summed E-state index contributed by atoms with van der Waals surface area (Å²) in [7, 11) is 0. The molecule has 0 radical (unpaired) electrons. The molecule has 0 aliphatic carbocycles. The van der Waals surface area contributed by atoms with E-state index in [9.17, 15) is 0 Å². The Labute approximate surface area is 122 Å². The number of hydrogen-bond acceptors (Lipinski definition) is 5. The number of nitrogens with two attached hydrogens (primary N) is 1. The topological polar surface area (TPSA) is 88.5 Å². The number of hydrogen-bond donors (Lipinski definition) is 2. The number of para-hydroxylation sites is 1. The molecule has 0 saturated heterocycles. The summed E-state index contributed by atoms with van der Waals surface area (Å²) < 4.78 is 0. The Morgan fingerprint density at radius 3 is 2.48 bits per heavy atom. The highest BCUT2D eigenvalue weighted by atomic mass is 14.8. The van der Waals surface area contributed by atoms with Gasteiger partial charge in [-0.15, -0.1) is 0 Å². The molecule has 5 heteroatoms. The van der Waals surface area contributed by atoms with Crippen molar-refractivity contribution in [3.63, 3.8) is 0 Å². The largest absolute Gasteiger partial charge is 0.398 e. The number of nitrogens with one attached hydrogen (secondary N) is 1. The first-order chi connectivity index (χ1) is 10.3. The van der Waals surface area contributed by atoms with Crippen LogP contribution in [-0.2, 0) is 0 Å². The van der Waals surface area contributed by atoms with E-state index in [4.69, 9.17) is 11.1 Å². The molecule has 3 N–H and O–H groups in total. The average molecular weight is 275 g/mol. The summed E-state index contributed by atoms with van der Waals surface area (Å²) >= 11 is 0. The molecule has 0 saturated carbocycles. The van der Waals surface area contributed by atoms with Gasteiger partial charge in [-0.3, -0.25) is 10.4 Å². The molecule has 3 rings (SSSR count). The van der Waals surface area contributed by atoms with Crippen LogP contribution in [0.5, 0.6) is 0 Å². The lowest BCUT2D eigenvalue weighted by Gasteiger charge is -2.11. The Morgan fingerprint density at radius 1 is 0.952 bits per heavy atom. The Balaban J connectivity index is 2.08. The predicted molar refractivity (Wildman–Crippen MR) is 82.0 cm³/mol. The van der Waals surface area contributed by atoms with Crippen LogP contribution in [0.25, 0.3) is 11.1 Å². The van der Waals surface area contributed by atoms with Crippen LogP contribution in [0.3, 0.4) is 0 Å². The molecule has 0 atom stereocenters. The summed E-state index contributed by atoms with van der Waals surface area (Å²) in [5, 5.41) is 8.32. The van der Waals surface area contributed by atoms with Crippen LogP contribution in [-0.4, -0.2) is 20.7 Å². The third-order valence-corrected chi connectivity index (χ3v) is 3.20. The minimum atomic E-state index is 0.347. The number of rotatable bonds is 3. The third kappa shape index (κ3) is 2.49. The number of aromatic nitrogens is 3. The SMILES string of the molecule is N=C(c1cccnc1)c1cccc(-c2cncnc2)c1N. The lowest BCUT2D eigenvalue weighted by molar-refractivity contribution is 1.17. The number of pyridine rings is 1. The maximum atomic E-state index is 8.32. The molecule has 2 heterocycles. The zero-order valence-electron chi connectivity index (χ0n) is 11.2. The van der Waals surface area contributed by atoms with Crippen molar-refractivity contribution in [2.45, 2.75) is 0 Å². The first-order valence-electron chi connectivity index (χ1n) is 6.40. The summed E-state index contributed by atoms with van der Waals surface area (Å²) in [6.45, 7) is 0. The van der Waals surface area contributed by atoms with Gasteiger partial charge in [0.1, 0.15) is 6.33 Å².